The molecule has 3 nitrogen and oxygen atoms in total. The normalized spacial score (nSPS) is 11.4. The molecule has 1 heterocycles. The zero-order chi connectivity index (χ0) is 15.5. The van der Waals surface area contributed by atoms with Crippen LogP contribution < -0.4 is 0 Å². The molecule has 0 fully saturated rings. The standard InChI is InChI=1S/C17H12ClNO2S/c18-14-8-6-12(7-9-14)15-10-22(11-16(20)21)17(19-15)13-4-2-1-3-5-13/h1-10H,11H2/p+1. The Bertz CT molecular complexity index is 797. The Labute approximate surface area is 135 Å². The number of thiazole rings is 1. The summed E-state index contributed by atoms with van der Waals surface area (Å²) in [7, 11) is -0.527. The van der Waals surface area contributed by atoms with Gasteiger partial charge in [0.15, 0.2) is 5.38 Å². The molecule has 0 spiro atoms. The third-order valence-electron chi connectivity index (χ3n) is 3.16. The summed E-state index contributed by atoms with van der Waals surface area (Å²) in [6.07, 6.45) is 0. The van der Waals surface area contributed by atoms with Gasteiger partial charge in [-0.15, -0.1) is 0 Å². The summed E-state index contributed by atoms with van der Waals surface area (Å²) in [5, 5.41) is 12.6. The van der Waals surface area contributed by atoms with Gasteiger partial charge in [0.2, 0.25) is 5.75 Å². The van der Waals surface area contributed by atoms with Crippen LogP contribution in [-0.4, -0.2) is 16.1 Å². The zero-order valence-corrected chi connectivity index (χ0v) is 13.1. The Hall–Kier alpha value is -2.17. The molecular weight excluding hydrogens is 318 g/mol. The number of hydrogen-bond acceptors (Lipinski definition) is 2. The predicted molar refractivity (Wildman–Crippen MR) is 90.2 cm³/mol. The van der Waals surface area contributed by atoms with Gasteiger partial charge in [0.05, 0.1) is 5.56 Å². The number of nitrogens with zero attached hydrogens (tertiary/aromatic N) is 1. The van der Waals surface area contributed by atoms with Gasteiger partial charge in [-0.25, -0.2) is 4.79 Å². The van der Waals surface area contributed by atoms with Crippen molar-refractivity contribution in [2.24, 2.45) is 0 Å². The third-order valence-corrected chi connectivity index (χ3v) is 5.31. The van der Waals surface area contributed by atoms with Gasteiger partial charge in [0.1, 0.15) is 5.69 Å². The minimum absolute atomic E-state index is 0.0603. The molecule has 0 saturated carbocycles. The Morgan fingerprint density at radius 3 is 2.36 bits per heavy atom. The molecule has 1 atom stereocenters. The second kappa shape index (κ2) is 6.30. The maximum Gasteiger partial charge on any atom is 0.358 e. The van der Waals surface area contributed by atoms with Crippen LogP contribution >= 0.6 is 22.1 Å². The molecule has 0 saturated heterocycles. The molecular formula is C17H13ClNO2S+. The number of carboxylic acid groups (broad SMARTS) is 1. The second-order valence-electron chi connectivity index (χ2n) is 4.76. The summed E-state index contributed by atoms with van der Waals surface area (Å²) in [4.78, 5) is 15.8. The molecule has 1 unspecified atom stereocenters. The van der Waals surface area contributed by atoms with Gasteiger partial charge < -0.3 is 5.11 Å². The van der Waals surface area contributed by atoms with Crippen LogP contribution in [0.15, 0.2) is 60.0 Å². The van der Waals surface area contributed by atoms with Crippen molar-refractivity contribution in [2.75, 3.05) is 0 Å². The number of carboxylic acids is 1. The lowest BCUT2D eigenvalue weighted by molar-refractivity contribution is -0.135. The number of halogens is 1. The van der Waals surface area contributed by atoms with Gasteiger partial charge in [-0.2, -0.15) is 4.98 Å². The van der Waals surface area contributed by atoms with E-state index in [4.69, 9.17) is 16.7 Å². The lowest BCUT2D eigenvalue weighted by atomic mass is 10.2. The van der Waals surface area contributed by atoms with Crippen molar-refractivity contribution in [1.29, 1.82) is 0 Å². The molecule has 5 heteroatoms. The molecule has 0 aliphatic rings. The first-order chi connectivity index (χ1) is 10.6. The van der Waals surface area contributed by atoms with E-state index >= 15 is 0 Å². The molecule has 0 aliphatic carbocycles. The Morgan fingerprint density at radius 2 is 1.73 bits per heavy atom. The highest BCUT2D eigenvalue weighted by atomic mass is 35.5. The average Bonchev–Trinajstić information content (AvgIpc) is 2.92. The lowest BCUT2D eigenvalue weighted by Gasteiger charge is -1.94. The van der Waals surface area contributed by atoms with Crippen LogP contribution in [-0.2, 0) is 10.5 Å². The van der Waals surface area contributed by atoms with Crippen molar-refractivity contribution in [2.45, 2.75) is 5.75 Å². The Kier molecular flexibility index (Phi) is 4.22. The first-order valence-electron chi connectivity index (χ1n) is 6.67. The smallest absolute Gasteiger partial charge is 0.358 e. The van der Waals surface area contributed by atoms with Gasteiger partial charge in [0.25, 0.3) is 5.01 Å². The van der Waals surface area contributed by atoms with Crippen molar-refractivity contribution in [3.05, 3.63) is 65.0 Å². The highest BCUT2D eigenvalue weighted by Crippen LogP contribution is 2.38. The molecule has 22 heavy (non-hydrogen) atoms. The number of rotatable bonds is 4. The second-order valence-corrected chi connectivity index (χ2v) is 6.97. The van der Waals surface area contributed by atoms with E-state index in [0.29, 0.717) is 5.02 Å². The predicted octanol–water partition coefficient (Wildman–Crippen LogP) is 4.90. The van der Waals surface area contributed by atoms with Crippen LogP contribution in [0.4, 0.5) is 0 Å². The first kappa shape index (κ1) is 14.8. The van der Waals surface area contributed by atoms with Crippen molar-refractivity contribution in [3.8, 4) is 21.8 Å². The van der Waals surface area contributed by atoms with Crippen molar-refractivity contribution < 1.29 is 9.90 Å². The van der Waals surface area contributed by atoms with E-state index in [9.17, 15) is 4.79 Å². The van der Waals surface area contributed by atoms with E-state index < -0.39 is 16.4 Å². The molecule has 0 aliphatic heterocycles. The number of benzene rings is 2. The molecule has 2 aromatic carbocycles. The van der Waals surface area contributed by atoms with E-state index in [1.807, 2.05) is 60.0 Å². The van der Waals surface area contributed by atoms with Gasteiger partial charge in [-0.1, -0.05) is 41.9 Å². The van der Waals surface area contributed by atoms with E-state index in [0.717, 1.165) is 21.8 Å². The minimum atomic E-state index is -0.819. The molecule has 110 valence electrons. The largest absolute Gasteiger partial charge is 0.477 e. The van der Waals surface area contributed by atoms with Crippen molar-refractivity contribution in [1.82, 2.24) is 4.98 Å². The van der Waals surface area contributed by atoms with Crippen molar-refractivity contribution in [3.63, 3.8) is 0 Å². The molecule has 0 radical (unpaired) electrons. The summed E-state index contributed by atoms with van der Waals surface area (Å²) in [5.41, 5.74) is 2.71. The topological polar surface area (TPSA) is 50.2 Å². The van der Waals surface area contributed by atoms with E-state index in [1.54, 1.807) is 0 Å². The molecule has 0 bridgehead atoms. The SMILES string of the molecule is O=C(O)C[s+]1cc(-c2ccc(Cl)cc2)nc1-c1ccccc1. The number of aromatic nitrogens is 1. The van der Waals surface area contributed by atoms with E-state index in [1.165, 1.54) is 0 Å². The quantitative estimate of drug-likeness (QED) is 0.692. The summed E-state index contributed by atoms with van der Waals surface area (Å²) in [6, 6.07) is 17.1. The first-order valence-corrected chi connectivity index (χ1v) is 8.50. The van der Waals surface area contributed by atoms with Gasteiger partial charge in [-0.3, -0.25) is 0 Å². The van der Waals surface area contributed by atoms with Crippen LogP contribution in [0.2, 0.25) is 5.02 Å². The van der Waals surface area contributed by atoms with Crippen LogP contribution in [0.25, 0.3) is 21.8 Å². The lowest BCUT2D eigenvalue weighted by Crippen LogP contribution is -1.94. The number of hydrogen-bond donors (Lipinski definition) is 1. The average molecular weight is 331 g/mol. The van der Waals surface area contributed by atoms with Crippen LogP contribution in [0.5, 0.6) is 0 Å². The highest BCUT2D eigenvalue weighted by molar-refractivity contribution is 7.33. The fourth-order valence-electron chi connectivity index (χ4n) is 2.18. The maximum atomic E-state index is 11.1. The Morgan fingerprint density at radius 1 is 1.05 bits per heavy atom. The fraction of sp³-hybridized carbons (Fsp3) is 0.0588. The summed E-state index contributed by atoms with van der Waals surface area (Å²) in [5.74, 6) is -0.759. The zero-order valence-electron chi connectivity index (χ0n) is 11.6. The van der Waals surface area contributed by atoms with E-state index in [-0.39, 0.29) is 5.75 Å². The highest BCUT2D eigenvalue weighted by Gasteiger charge is 2.24. The third kappa shape index (κ3) is 3.18. The van der Waals surface area contributed by atoms with Crippen LogP contribution in [0.1, 0.15) is 0 Å². The fourth-order valence-corrected chi connectivity index (χ4v) is 4.01. The summed E-state index contributed by atoms with van der Waals surface area (Å²) >= 11 is 5.91. The molecule has 1 aromatic heterocycles. The monoisotopic (exact) mass is 330 g/mol. The van der Waals surface area contributed by atoms with Crippen LogP contribution in [0, 0.1) is 0 Å². The van der Waals surface area contributed by atoms with Gasteiger partial charge in [-0.05, 0) is 24.3 Å². The molecule has 3 rings (SSSR count). The molecule has 3 aromatic rings. The number of carbonyl (C=O) groups is 1. The van der Waals surface area contributed by atoms with Gasteiger partial charge >= 0.3 is 5.97 Å². The number of aliphatic carboxylic acids is 1. The summed E-state index contributed by atoms with van der Waals surface area (Å²) < 4.78 is 0. The van der Waals surface area contributed by atoms with Gasteiger partial charge in [0, 0.05) is 21.1 Å². The molecule has 1 N–H and O–H groups in total. The van der Waals surface area contributed by atoms with E-state index in [2.05, 4.69) is 4.98 Å². The Balaban J connectivity index is 2.08. The van der Waals surface area contributed by atoms with Crippen molar-refractivity contribution >= 4 is 28.0 Å². The minimum Gasteiger partial charge on any atom is -0.477 e. The maximum absolute atomic E-state index is 11.1. The van der Waals surface area contributed by atoms with Crippen LogP contribution in [0.3, 0.4) is 0 Å². The summed E-state index contributed by atoms with van der Waals surface area (Å²) in [6.45, 7) is 0. The molecule has 0 amide bonds.